The number of aliphatic hydroxyl groups is 1. The molecule has 1 saturated heterocycles. The van der Waals surface area contributed by atoms with Gasteiger partial charge >= 0.3 is 6.09 Å². The van der Waals surface area contributed by atoms with Crippen LogP contribution in [0.5, 0.6) is 0 Å². The van der Waals surface area contributed by atoms with Crippen LogP contribution in [0.25, 0.3) is 0 Å². The van der Waals surface area contributed by atoms with Crippen molar-refractivity contribution < 1.29 is 19.4 Å². The van der Waals surface area contributed by atoms with Crippen LogP contribution in [0, 0.1) is 5.92 Å². The van der Waals surface area contributed by atoms with Gasteiger partial charge in [-0.3, -0.25) is 4.90 Å². The standard InChI is InChI=1S/C15H29NO4Si/c1-15(2,3)21(4,5)20-9-12-13(17)8-11(10-6-7-10)16(12)14(18)19/h10-13,17H,6-9H2,1-5H3,(H,18,19). The van der Waals surface area contributed by atoms with Gasteiger partial charge in [-0.2, -0.15) is 0 Å². The van der Waals surface area contributed by atoms with Crippen LogP contribution in [0.3, 0.4) is 0 Å². The van der Waals surface area contributed by atoms with E-state index in [1.807, 2.05) is 0 Å². The van der Waals surface area contributed by atoms with Crippen LogP contribution >= 0.6 is 0 Å². The molecule has 1 amide bonds. The number of likely N-dealkylation sites (tertiary alicyclic amines) is 1. The lowest BCUT2D eigenvalue weighted by Crippen LogP contribution is -2.49. The Balaban J connectivity index is 2.05. The van der Waals surface area contributed by atoms with E-state index in [-0.39, 0.29) is 11.1 Å². The maximum Gasteiger partial charge on any atom is 0.407 e. The lowest BCUT2D eigenvalue weighted by Gasteiger charge is -2.38. The molecule has 6 heteroatoms. The number of carboxylic acid groups (broad SMARTS) is 1. The molecule has 1 aliphatic carbocycles. The van der Waals surface area contributed by atoms with E-state index in [1.165, 1.54) is 4.90 Å². The third-order valence-corrected chi connectivity index (χ3v) is 9.95. The molecule has 1 aliphatic heterocycles. The van der Waals surface area contributed by atoms with Gasteiger partial charge < -0.3 is 14.6 Å². The SMILES string of the molecule is CC(C)(C)[Si](C)(C)OCC1C(O)CC(C2CC2)N1C(=O)O. The Morgan fingerprint density at radius 2 is 1.90 bits per heavy atom. The van der Waals surface area contributed by atoms with Gasteiger partial charge in [-0.05, 0) is 43.3 Å². The zero-order valence-electron chi connectivity index (χ0n) is 13.8. The Kier molecular flexibility index (Phi) is 4.44. The minimum absolute atomic E-state index is 0.0227. The number of amides is 1. The average molecular weight is 315 g/mol. The van der Waals surface area contributed by atoms with Gasteiger partial charge in [0, 0.05) is 6.04 Å². The van der Waals surface area contributed by atoms with Gasteiger partial charge in [-0.25, -0.2) is 4.79 Å². The summed E-state index contributed by atoms with van der Waals surface area (Å²) in [5, 5.41) is 19.9. The molecular formula is C15H29NO4Si. The van der Waals surface area contributed by atoms with E-state index < -0.39 is 26.6 Å². The van der Waals surface area contributed by atoms with Crippen LogP contribution in [-0.2, 0) is 4.43 Å². The van der Waals surface area contributed by atoms with Crippen molar-refractivity contribution in [2.24, 2.45) is 5.92 Å². The first-order valence-corrected chi connectivity index (χ1v) is 10.8. The van der Waals surface area contributed by atoms with Crippen molar-refractivity contribution in [1.82, 2.24) is 4.90 Å². The summed E-state index contributed by atoms with van der Waals surface area (Å²) in [5.41, 5.74) is 0. The first-order chi connectivity index (χ1) is 9.54. The number of aliphatic hydroxyl groups excluding tert-OH is 1. The topological polar surface area (TPSA) is 70.0 Å². The maximum atomic E-state index is 11.6. The molecule has 2 rings (SSSR count). The maximum absolute atomic E-state index is 11.6. The molecule has 1 heterocycles. The van der Waals surface area contributed by atoms with E-state index in [4.69, 9.17) is 4.43 Å². The van der Waals surface area contributed by atoms with Crippen molar-refractivity contribution in [1.29, 1.82) is 0 Å². The molecule has 2 fully saturated rings. The molecule has 0 radical (unpaired) electrons. The fourth-order valence-corrected chi connectivity index (χ4v) is 3.86. The highest BCUT2D eigenvalue weighted by molar-refractivity contribution is 6.74. The molecule has 3 atom stereocenters. The summed E-state index contributed by atoms with van der Waals surface area (Å²) in [7, 11) is -1.93. The van der Waals surface area contributed by atoms with Crippen LogP contribution in [0.1, 0.15) is 40.0 Å². The van der Waals surface area contributed by atoms with Gasteiger partial charge in [0.15, 0.2) is 8.32 Å². The molecule has 2 N–H and O–H groups in total. The van der Waals surface area contributed by atoms with E-state index in [0.29, 0.717) is 18.9 Å². The average Bonchev–Trinajstić information content (AvgIpc) is 3.09. The quantitative estimate of drug-likeness (QED) is 0.783. The summed E-state index contributed by atoms with van der Waals surface area (Å²) in [6.07, 6.45) is 1.19. The summed E-state index contributed by atoms with van der Waals surface area (Å²) >= 11 is 0. The van der Waals surface area contributed by atoms with Crippen LogP contribution in [0.4, 0.5) is 4.79 Å². The minimum Gasteiger partial charge on any atom is -0.465 e. The zero-order valence-corrected chi connectivity index (χ0v) is 14.8. The highest BCUT2D eigenvalue weighted by Gasteiger charge is 2.50. The van der Waals surface area contributed by atoms with Crippen molar-refractivity contribution >= 4 is 14.4 Å². The number of hydrogen-bond acceptors (Lipinski definition) is 3. The summed E-state index contributed by atoms with van der Waals surface area (Å²) in [6.45, 7) is 11.1. The second-order valence-corrected chi connectivity index (χ2v) is 12.8. The monoisotopic (exact) mass is 315 g/mol. The van der Waals surface area contributed by atoms with E-state index in [1.54, 1.807) is 0 Å². The Bertz CT molecular complexity index is 403. The Hall–Kier alpha value is -0.593. The molecule has 0 aromatic heterocycles. The second kappa shape index (κ2) is 5.55. The van der Waals surface area contributed by atoms with Crippen LogP contribution in [0.2, 0.25) is 18.1 Å². The highest BCUT2D eigenvalue weighted by atomic mass is 28.4. The normalized spacial score (nSPS) is 30.8. The predicted octanol–water partition coefficient (Wildman–Crippen LogP) is 2.90. The van der Waals surface area contributed by atoms with Gasteiger partial charge in [0.25, 0.3) is 0 Å². The van der Waals surface area contributed by atoms with Crippen LogP contribution in [0.15, 0.2) is 0 Å². The van der Waals surface area contributed by atoms with Gasteiger partial charge in [0.1, 0.15) is 0 Å². The molecule has 0 aromatic carbocycles. The summed E-state index contributed by atoms with van der Waals surface area (Å²) in [5.74, 6) is 0.439. The van der Waals surface area contributed by atoms with E-state index in [0.717, 1.165) is 12.8 Å². The molecule has 3 unspecified atom stereocenters. The number of rotatable bonds is 4. The van der Waals surface area contributed by atoms with Crippen LogP contribution < -0.4 is 0 Å². The van der Waals surface area contributed by atoms with Gasteiger partial charge in [0.05, 0.1) is 18.8 Å². The number of carbonyl (C=O) groups is 1. The van der Waals surface area contributed by atoms with E-state index in [9.17, 15) is 15.0 Å². The van der Waals surface area contributed by atoms with E-state index in [2.05, 4.69) is 33.9 Å². The second-order valence-electron chi connectivity index (χ2n) is 8.04. The zero-order chi connectivity index (χ0) is 16.0. The van der Waals surface area contributed by atoms with Crippen molar-refractivity contribution in [3.8, 4) is 0 Å². The molecule has 0 spiro atoms. The third-order valence-electron chi connectivity index (χ3n) is 5.45. The lowest BCUT2D eigenvalue weighted by molar-refractivity contribution is 0.0615. The number of nitrogens with zero attached hydrogens (tertiary/aromatic N) is 1. The molecule has 0 aromatic rings. The molecule has 5 nitrogen and oxygen atoms in total. The molecule has 0 bridgehead atoms. The third kappa shape index (κ3) is 3.43. The van der Waals surface area contributed by atoms with E-state index >= 15 is 0 Å². The first kappa shape index (κ1) is 16.8. The lowest BCUT2D eigenvalue weighted by atomic mass is 10.1. The Morgan fingerprint density at radius 1 is 1.33 bits per heavy atom. The highest BCUT2D eigenvalue weighted by Crippen LogP contribution is 2.43. The first-order valence-electron chi connectivity index (χ1n) is 7.88. The minimum atomic E-state index is -1.93. The summed E-state index contributed by atoms with van der Waals surface area (Å²) in [4.78, 5) is 13.1. The Labute approximate surface area is 128 Å². The molecule has 2 aliphatic rings. The Morgan fingerprint density at radius 3 is 2.33 bits per heavy atom. The summed E-state index contributed by atoms with van der Waals surface area (Å²) in [6, 6.07) is -0.437. The number of hydrogen-bond donors (Lipinski definition) is 2. The van der Waals surface area contributed by atoms with Crippen molar-refractivity contribution in [2.75, 3.05) is 6.61 Å². The van der Waals surface area contributed by atoms with Crippen LogP contribution in [-0.4, -0.2) is 54.3 Å². The van der Waals surface area contributed by atoms with Crippen molar-refractivity contribution in [3.63, 3.8) is 0 Å². The largest absolute Gasteiger partial charge is 0.465 e. The van der Waals surface area contributed by atoms with Crippen molar-refractivity contribution in [2.45, 2.75) is 76.4 Å². The fraction of sp³-hybridized carbons (Fsp3) is 0.933. The molecule has 122 valence electrons. The molecule has 1 saturated carbocycles. The smallest absolute Gasteiger partial charge is 0.407 e. The summed E-state index contributed by atoms with van der Waals surface area (Å²) < 4.78 is 6.15. The fourth-order valence-electron chi connectivity index (χ4n) is 2.84. The molecular weight excluding hydrogens is 286 g/mol. The predicted molar refractivity (Wildman–Crippen MR) is 83.9 cm³/mol. The van der Waals surface area contributed by atoms with Crippen molar-refractivity contribution in [3.05, 3.63) is 0 Å². The van der Waals surface area contributed by atoms with Gasteiger partial charge in [0.2, 0.25) is 0 Å². The van der Waals surface area contributed by atoms with Gasteiger partial charge in [-0.1, -0.05) is 20.8 Å². The molecule has 21 heavy (non-hydrogen) atoms. The van der Waals surface area contributed by atoms with Gasteiger partial charge in [-0.15, -0.1) is 0 Å².